The Hall–Kier alpha value is -2.19. The number of benzene rings is 1. The second-order valence-corrected chi connectivity index (χ2v) is 7.43. The molecule has 0 aliphatic rings. The van der Waals surface area contributed by atoms with Crippen molar-refractivity contribution >= 4 is 29.0 Å². The molecule has 1 amide bonds. The maximum Gasteiger partial charge on any atom is 0.233 e. The van der Waals surface area contributed by atoms with Crippen molar-refractivity contribution in [3.05, 3.63) is 52.7 Å². The molecule has 2 heterocycles. The summed E-state index contributed by atoms with van der Waals surface area (Å²) in [4.78, 5) is 13.5. The van der Waals surface area contributed by atoms with Gasteiger partial charge in [-0.3, -0.25) is 4.79 Å². The van der Waals surface area contributed by atoms with Crippen LogP contribution in [-0.4, -0.2) is 37.9 Å². The molecule has 6 nitrogen and oxygen atoms in total. The lowest BCUT2D eigenvalue weighted by atomic mass is 10.3. The molecule has 1 atom stereocenters. The fourth-order valence-corrected chi connectivity index (χ4v) is 3.64. The quantitative estimate of drug-likeness (QED) is 0.657. The molecule has 0 fully saturated rings. The molecule has 124 valence electrons. The van der Waals surface area contributed by atoms with Gasteiger partial charge in [0.25, 0.3) is 0 Å². The third-order valence-corrected chi connectivity index (χ3v) is 5.31. The first-order chi connectivity index (χ1) is 11.7. The number of tetrazole rings is 1. The molecule has 0 aliphatic heterocycles. The number of carbonyl (C=O) groups is 1. The van der Waals surface area contributed by atoms with Gasteiger partial charge in [-0.15, -0.1) is 16.4 Å². The smallest absolute Gasteiger partial charge is 0.233 e. The van der Waals surface area contributed by atoms with E-state index >= 15 is 0 Å². The highest BCUT2D eigenvalue weighted by molar-refractivity contribution is 8.00. The van der Waals surface area contributed by atoms with Gasteiger partial charge in [-0.25, -0.2) is 0 Å². The van der Waals surface area contributed by atoms with Crippen LogP contribution in [-0.2, 0) is 11.2 Å². The molecule has 0 bridgehead atoms. The van der Waals surface area contributed by atoms with E-state index in [1.54, 1.807) is 16.0 Å². The van der Waals surface area contributed by atoms with E-state index in [0.29, 0.717) is 11.7 Å². The lowest BCUT2D eigenvalue weighted by molar-refractivity contribution is -0.120. The van der Waals surface area contributed by atoms with Gasteiger partial charge in [0.1, 0.15) is 0 Å². The van der Waals surface area contributed by atoms with E-state index in [1.807, 2.05) is 48.7 Å². The van der Waals surface area contributed by atoms with Crippen LogP contribution in [0.25, 0.3) is 5.69 Å². The number of aromatic nitrogens is 4. The number of amides is 1. The highest BCUT2D eigenvalue weighted by Gasteiger charge is 2.18. The molecule has 2 aromatic heterocycles. The summed E-state index contributed by atoms with van der Waals surface area (Å²) >= 11 is 3.05. The molecular weight excluding hydrogens is 342 g/mol. The maximum absolute atomic E-state index is 12.2. The van der Waals surface area contributed by atoms with Gasteiger partial charge in [0.15, 0.2) is 0 Å². The van der Waals surface area contributed by atoms with Crippen LogP contribution in [0.3, 0.4) is 0 Å². The molecule has 3 rings (SSSR count). The van der Waals surface area contributed by atoms with Crippen molar-refractivity contribution in [2.24, 2.45) is 0 Å². The normalized spacial score (nSPS) is 12.0. The minimum Gasteiger partial charge on any atom is -0.355 e. The second kappa shape index (κ2) is 8.07. The Morgan fingerprint density at radius 3 is 2.88 bits per heavy atom. The molecule has 0 radical (unpaired) electrons. The number of thioether (sulfide) groups is 1. The van der Waals surface area contributed by atoms with Crippen molar-refractivity contribution in [3.63, 3.8) is 0 Å². The van der Waals surface area contributed by atoms with E-state index in [9.17, 15) is 4.79 Å². The second-order valence-electron chi connectivity index (χ2n) is 5.09. The van der Waals surface area contributed by atoms with Crippen LogP contribution in [0, 0.1) is 0 Å². The zero-order valence-electron chi connectivity index (χ0n) is 13.1. The predicted octanol–water partition coefficient (Wildman–Crippen LogP) is 2.56. The van der Waals surface area contributed by atoms with E-state index < -0.39 is 0 Å². The van der Waals surface area contributed by atoms with Crippen LogP contribution in [0.4, 0.5) is 0 Å². The number of nitrogens with one attached hydrogen (secondary N) is 1. The average Bonchev–Trinajstić information content (AvgIpc) is 3.27. The van der Waals surface area contributed by atoms with Gasteiger partial charge in [0, 0.05) is 11.4 Å². The molecule has 8 heteroatoms. The third-order valence-electron chi connectivity index (χ3n) is 3.34. The number of thiophene rings is 1. The molecule has 0 saturated carbocycles. The Balaban J connectivity index is 1.56. The Morgan fingerprint density at radius 2 is 2.12 bits per heavy atom. The summed E-state index contributed by atoms with van der Waals surface area (Å²) in [6.45, 7) is 2.49. The largest absolute Gasteiger partial charge is 0.355 e. The molecule has 1 aromatic carbocycles. The van der Waals surface area contributed by atoms with E-state index in [4.69, 9.17) is 0 Å². The molecule has 3 aromatic rings. The monoisotopic (exact) mass is 359 g/mol. The standard InChI is InChI=1S/C16H17N5OS2/c1-12(15(22)17-10-9-14-8-5-11-23-14)24-16-18-19-20-21(16)13-6-3-2-4-7-13/h2-8,11-12H,9-10H2,1H3,(H,17,22). The summed E-state index contributed by atoms with van der Waals surface area (Å²) in [5.74, 6) is -0.0147. The molecule has 24 heavy (non-hydrogen) atoms. The van der Waals surface area contributed by atoms with Gasteiger partial charge in [0.2, 0.25) is 11.1 Å². The minimum absolute atomic E-state index is 0.0147. The van der Waals surface area contributed by atoms with Crippen LogP contribution in [0.15, 0.2) is 53.0 Å². The Bertz CT molecular complexity index is 773. The summed E-state index contributed by atoms with van der Waals surface area (Å²) in [6.07, 6.45) is 0.850. The van der Waals surface area contributed by atoms with Crippen molar-refractivity contribution in [2.75, 3.05) is 6.54 Å². The predicted molar refractivity (Wildman–Crippen MR) is 95.5 cm³/mol. The number of carbonyl (C=O) groups excluding carboxylic acids is 1. The number of rotatable bonds is 7. The first kappa shape index (κ1) is 16.7. The lowest BCUT2D eigenvalue weighted by Gasteiger charge is -2.11. The number of nitrogens with zero attached hydrogens (tertiary/aromatic N) is 4. The van der Waals surface area contributed by atoms with Gasteiger partial charge >= 0.3 is 0 Å². The molecular formula is C16H17N5OS2. The van der Waals surface area contributed by atoms with E-state index in [0.717, 1.165) is 12.1 Å². The van der Waals surface area contributed by atoms with Crippen molar-refractivity contribution in [1.29, 1.82) is 0 Å². The van der Waals surface area contributed by atoms with Crippen LogP contribution in [0.2, 0.25) is 0 Å². The SMILES string of the molecule is CC(Sc1nnnn1-c1ccccc1)C(=O)NCCc1cccs1. The van der Waals surface area contributed by atoms with Crippen LogP contribution in [0.5, 0.6) is 0 Å². The molecule has 0 saturated heterocycles. The van der Waals surface area contributed by atoms with Gasteiger partial charge in [-0.1, -0.05) is 36.0 Å². The van der Waals surface area contributed by atoms with Crippen LogP contribution >= 0.6 is 23.1 Å². The highest BCUT2D eigenvalue weighted by Crippen LogP contribution is 2.22. The summed E-state index contributed by atoms with van der Waals surface area (Å²) in [7, 11) is 0. The van der Waals surface area contributed by atoms with Crippen LogP contribution < -0.4 is 5.32 Å². The minimum atomic E-state index is -0.276. The maximum atomic E-state index is 12.2. The van der Waals surface area contributed by atoms with Crippen molar-refractivity contribution in [1.82, 2.24) is 25.5 Å². The van der Waals surface area contributed by atoms with Gasteiger partial charge < -0.3 is 5.32 Å². The van der Waals surface area contributed by atoms with Crippen molar-refractivity contribution in [3.8, 4) is 5.69 Å². The molecule has 1 unspecified atom stereocenters. The number of para-hydroxylation sites is 1. The zero-order valence-corrected chi connectivity index (χ0v) is 14.8. The molecule has 0 spiro atoms. The Labute approximate surface area is 148 Å². The van der Waals surface area contributed by atoms with E-state index in [1.165, 1.54) is 16.6 Å². The van der Waals surface area contributed by atoms with Gasteiger partial charge in [-0.05, 0) is 47.4 Å². The molecule has 1 N–H and O–H groups in total. The van der Waals surface area contributed by atoms with E-state index in [-0.39, 0.29) is 11.2 Å². The number of hydrogen-bond donors (Lipinski definition) is 1. The van der Waals surface area contributed by atoms with Crippen molar-refractivity contribution < 1.29 is 4.79 Å². The fourth-order valence-electron chi connectivity index (χ4n) is 2.10. The van der Waals surface area contributed by atoms with E-state index in [2.05, 4.69) is 26.9 Å². The summed E-state index contributed by atoms with van der Waals surface area (Å²) < 4.78 is 1.64. The first-order valence-electron chi connectivity index (χ1n) is 7.54. The molecule has 0 aliphatic carbocycles. The topological polar surface area (TPSA) is 72.7 Å². The fraction of sp³-hybridized carbons (Fsp3) is 0.250. The van der Waals surface area contributed by atoms with Crippen molar-refractivity contribution in [2.45, 2.75) is 23.8 Å². The van der Waals surface area contributed by atoms with Gasteiger partial charge in [0.05, 0.1) is 10.9 Å². The lowest BCUT2D eigenvalue weighted by Crippen LogP contribution is -2.32. The third kappa shape index (κ3) is 4.21. The number of hydrogen-bond acceptors (Lipinski definition) is 6. The Morgan fingerprint density at radius 1 is 1.29 bits per heavy atom. The van der Waals surface area contributed by atoms with Gasteiger partial charge in [-0.2, -0.15) is 4.68 Å². The summed E-state index contributed by atoms with van der Waals surface area (Å²) in [5, 5.41) is 17.1. The first-order valence-corrected chi connectivity index (χ1v) is 9.30. The van der Waals surface area contributed by atoms with Crippen LogP contribution in [0.1, 0.15) is 11.8 Å². The summed E-state index contributed by atoms with van der Waals surface area (Å²) in [5.41, 5.74) is 0.871. The zero-order chi connectivity index (χ0) is 16.8. The highest BCUT2D eigenvalue weighted by atomic mass is 32.2. The summed E-state index contributed by atoms with van der Waals surface area (Å²) in [6, 6.07) is 13.7. The average molecular weight is 359 g/mol. The Kier molecular flexibility index (Phi) is 5.60.